The third-order valence-corrected chi connectivity index (χ3v) is 5.49. The van der Waals surface area contributed by atoms with Gasteiger partial charge in [0.2, 0.25) is 5.91 Å². The van der Waals surface area contributed by atoms with E-state index in [1.165, 1.54) is 17.8 Å². The average Bonchev–Trinajstić information content (AvgIpc) is 3.12. The summed E-state index contributed by atoms with van der Waals surface area (Å²) in [4.78, 5) is 12.5. The normalized spacial score (nSPS) is 12.1. The summed E-state index contributed by atoms with van der Waals surface area (Å²) in [6.07, 6.45) is -0.509. The van der Waals surface area contributed by atoms with E-state index >= 15 is 0 Å². The van der Waals surface area contributed by atoms with E-state index in [1.807, 2.05) is 44.4 Å². The Kier molecular flexibility index (Phi) is 7.33. The van der Waals surface area contributed by atoms with Crippen molar-refractivity contribution >= 4 is 23.4 Å². The number of rotatable bonds is 8. The highest BCUT2D eigenvalue weighted by Gasteiger charge is 2.22. The van der Waals surface area contributed by atoms with Crippen molar-refractivity contribution in [3.63, 3.8) is 0 Å². The maximum absolute atomic E-state index is 14.0. The predicted octanol–water partition coefficient (Wildman–Crippen LogP) is 5.49. The van der Waals surface area contributed by atoms with Gasteiger partial charge in [0.15, 0.2) is 28.7 Å². The lowest BCUT2D eigenvalue weighted by Crippen LogP contribution is -2.17. The van der Waals surface area contributed by atoms with Crippen LogP contribution in [0.1, 0.15) is 49.9 Å². The molecule has 3 aromatic rings. The van der Waals surface area contributed by atoms with Gasteiger partial charge >= 0.3 is 0 Å². The summed E-state index contributed by atoms with van der Waals surface area (Å²) in [5.41, 5.74) is 2.97. The minimum Gasteiger partial charge on any atom is -0.480 e. The molecule has 3 rings (SSSR count). The smallest absolute Gasteiger partial charge is 0.234 e. The molecule has 0 aliphatic heterocycles. The number of halogens is 1. The van der Waals surface area contributed by atoms with Gasteiger partial charge in [-0.15, -0.1) is 10.2 Å². The lowest BCUT2D eigenvalue weighted by atomic mass is 10.1. The highest BCUT2D eigenvalue weighted by atomic mass is 32.2. The van der Waals surface area contributed by atoms with Crippen molar-refractivity contribution in [3.05, 3.63) is 65.2 Å². The first kappa shape index (κ1) is 22.8. The molecule has 2 aromatic carbocycles. The number of aromatic nitrogens is 3. The number of carbonyl (C=O) groups excluding carboxylic acids is 1. The van der Waals surface area contributed by atoms with Crippen LogP contribution < -0.4 is 10.1 Å². The fourth-order valence-electron chi connectivity index (χ4n) is 3.31. The molecule has 0 aliphatic rings. The van der Waals surface area contributed by atoms with Gasteiger partial charge in [-0.25, -0.2) is 4.39 Å². The first-order valence-electron chi connectivity index (χ1n) is 10.1. The van der Waals surface area contributed by atoms with Crippen molar-refractivity contribution in [1.29, 1.82) is 0 Å². The molecule has 0 aliphatic carbocycles. The van der Waals surface area contributed by atoms with Crippen LogP contribution >= 0.6 is 11.8 Å². The molecule has 0 radical (unpaired) electrons. The number of anilines is 1. The van der Waals surface area contributed by atoms with Crippen LogP contribution in [0.5, 0.6) is 5.75 Å². The van der Waals surface area contributed by atoms with E-state index in [1.54, 1.807) is 25.1 Å². The van der Waals surface area contributed by atoms with Gasteiger partial charge in [0.25, 0.3) is 0 Å². The Morgan fingerprint density at radius 2 is 1.81 bits per heavy atom. The predicted molar refractivity (Wildman–Crippen MR) is 121 cm³/mol. The van der Waals surface area contributed by atoms with Crippen LogP contribution in [0.4, 0.5) is 10.1 Å². The van der Waals surface area contributed by atoms with E-state index in [0.29, 0.717) is 11.0 Å². The van der Waals surface area contributed by atoms with Crippen LogP contribution in [0.15, 0.2) is 47.6 Å². The molecule has 1 heterocycles. The lowest BCUT2D eigenvalue weighted by molar-refractivity contribution is -0.113. The number of amides is 1. The molecule has 1 amide bonds. The molecular weight excluding hydrogens is 415 g/mol. The number of para-hydroxylation sites is 1. The van der Waals surface area contributed by atoms with Gasteiger partial charge < -0.3 is 14.6 Å². The summed E-state index contributed by atoms with van der Waals surface area (Å²) >= 11 is 1.31. The average molecular weight is 443 g/mol. The maximum Gasteiger partial charge on any atom is 0.234 e. The van der Waals surface area contributed by atoms with E-state index in [9.17, 15) is 9.18 Å². The molecule has 1 unspecified atom stereocenters. The minimum atomic E-state index is -0.509. The van der Waals surface area contributed by atoms with E-state index in [0.717, 1.165) is 16.8 Å². The summed E-state index contributed by atoms with van der Waals surface area (Å²) in [7, 11) is 0. The topological polar surface area (TPSA) is 69.0 Å². The molecule has 1 aromatic heterocycles. The van der Waals surface area contributed by atoms with Gasteiger partial charge in [-0.2, -0.15) is 0 Å². The first-order chi connectivity index (χ1) is 14.7. The third-order valence-electron chi connectivity index (χ3n) is 4.55. The van der Waals surface area contributed by atoms with Crippen LogP contribution in [-0.4, -0.2) is 26.4 Å². The van der Waals surface area contributed by atoms with Gasteiger partial charge in [-0.3, -0.25) is 4.79 Å². The third kappa shape index (κ3) is 5.85. The maximum atomic E-state index is 14.0. The number of hydrogen-bond donors (Lipinski definition) is 1. The molecule has 8 heteroatoms. The van der Waals surface area contributed by atoms with Crippen molar-refractivity contribution < 1.29 is 13.9 Å². The molecule has 0 spiro atoms. The molecule has 6 nitrogen and oxygen atoms in total. The second-order valence-corrected chi connectivity index (χ2v) is 8.65. The van der Waals surface area contributed by atoms with Crippen molar-refractivity contribution in [2.24, 2.45) is 0 Å². The fourth-order valence-corrected chi connectivity index (χ4v) is 4.18. The Hall–Kier alpha value is -2.87. The zero-order valence-electron chi connectivity index (χ0n) is 18.3. The van der Waals surface area contributed by atoms with E-state index in [2.05, 4.69) is 21.6 Å². The SMILES string of the molecule is Cc1cc(C)cc(NC(=O)CSc2nnc(C(C)Oc3ccccc3F)n2C(C)C)c1. The molecule has 0 saturated carbocycles. The number of nitrogens with zero attached hydrogens (tertiary/aromatic N) is 3. The minimum absolute atomic E-state index is 0.0432. The Bertz CT molecular complexity index is 1050. The molecule has 1 atom stereocenters. The van der Waals surface area contributed by atoms with Crippen LogP contribution in [-0.2, 0) is 4.79 Å². The fraction of sp³-hybridized carbons (Fsp3) is 0.348. The Morgan fingerprint density at radius 1 is 1.13 bits per heavy atom. The van der Waals surface area contributed by atoms with Crippen LogP contribution in [0.25, 0.3) is 0 Å². The number of thioether (sulfide) groups is 1. The zero-order chi connectivity index (χ0) is 22.5. The van der Waals surface area contributed by atoms with E-state index in [-0.39, 0.29) is 23.5 Å². The van der Waals surface area contributed by atoms with Crippen molar-refractivity contribution in [1.82, 2.24) is 14.8 Å². The standard InChI is InChI=1S/C23H27FN4O2S/c1-14(2)28-22(17(5)30-20-9-7-6-8-19(20)24)26-27-23(28)31-13-21(29)25-18-11-15(3)10-16(4)12-18/h6-12,14,17H,13H2,1-5H3,(H,25,29). The van der Waals surface area contributed by atoms with Crippen LogP contribution in [0.2, 0.25) is 0 Å². The van der Waals surface area contributed by atoms with Gasteiger partial charge in [0, 0.05) is 11.7 Å². The number of benzene rings is 2. The number of ether oxygens (including phenoxy) is 1. The second-order valence-electron chi connectivity index (χ2n) is 7.71. The van der Waals surface area contributed by atoms with E-state index in [4.69, 9.17) is 4.74 Å². The number of aryl methyl sites for hydroxylation is 2. The molecule has 31 heavy (non-hydrogen) atoms. The summed E-state index contributed by atoms with van der Waals surface area (Å²) in [5.74, 6) is 0.388. The van der Waals surface area contributed by atoms with Gasteiger partial charge in [-0.1, -0.05) is 30.0 Å². The summed E-state index contributed by atoms with van der Waals surface area (Å²) in [5, 5.41) is 12.1. The number of hydrogen-bond acceptors (Lipinski definition) is 5. The molecule has 1 N–H and O–H groups in total. The summed E-state index contributed by atoms with van der Waals surface area (Å²) < 4.78 is 21.6. The monoisotopic (exact) mass is 442 g/mol. The Morgan fingerprint density at radius 3 is 2.45 bits per heavy atom. The summed E-state index contributed by atoms with van der Waals surface area (Å²) in [6.45, 7) is 9.80. The first-order valence-corrected chi connectivity index (χ1v) is 11.1. The number of carbonyl (C=O) groups is 1. The number of nitrogens with one attached hydrogen (secondary N) is 1. The van der Waals surface area contributed by atoms with E-state index < -0.39 is 11.9 Å². The van der Waals surface area contributed by atoms with Crippen LogP contribution in [0.3, 0.4) is 0 Å². The van der Waals surface area contributed by atoms with Crippen LogP contribution in [0, 0.1) is 19.7 Å². The van der Waals surface area contributed by atoms with Crippen molar-refractivity contribution in [3.8, 4) is 5.75 Å². The highest BCUT2D eigenvalue weighted by Crippen LogP contribution is 2.28. The molecular formula is C23H27FN4O2S. The molecule has 164 valence electrons. The van der Waals surface area contributed by atoms with Gasteiger partial charge in [0.1, 0.15) is 0 Å². The quantitative estimate of drug-likeness (QED) is 0.468. The van der Waals surface area contributed by atoms with Crippen molar-refractivity contribution in [2.45, 2.75) is 51.9 Å². The lowest BCUT2D eigenvalue weighted by Gasteiger charge is -2.19. The molecule has 0 fully saturated rings. The highest BCUT2D eigenvalue weighted by molar-refractivity contribution is 7.99. The Labute approximate surface area is 186 Å². The Balaban J connectivity index is 1.70. The van der Waals surface area contributed by atoms with Crippen molar-refractivity contribution in [2.75, 3.05) is 11.1 Å². The van der Waals surface area contributed by atoms with Gasteiger partial charge in [-0.05, 0) is 70.0 Å². The zero-order valence-corrected chi connectivity index (χ0v) is 19.2. The summed E-state index contributed by atoms with van der Waals surface area (Å²) in [6, 6.07) is 12.2. The largest absolute Gasteiger partial charge is 0.480 e. The molecule has 0 bridgehead atoms. The molecule has 0 saturated heterocycles. The van der Waals surface area contributed by atoms with Gasteiger partial charge in [0.05, 0.1) is 5.75 Å². The second kappa shape index (κ2) is 9.96.